The maximum Gasteiger partial charge on any atom is 0.227 e. The summed E-state index contributed by atoms with van der Waals surface area (Å²) in [6, 6.07) is 1.55. The van der Waals surface area contributed by atoms with Gasteiger partial charge in [0.15, 0.2) is 0 Å². The van der Waals surface area contributed by atoms with E-state index in [1.807, 2.05) is 0 Å². The molecule has 18 heavy (non-hydrogen) atoms. The SMILES string of the molecule is CN(C)CC1CCCN1C(=O)C1CC2CCC1N2. The Morgan fingerprint density at radius 1 is 1.33 bits per heavy atom. The fourth-order valence-corrected chi connectivity index (χ4v) is 4.05. The van der Waals surface area contributed by atoms with Crippen LogP contribution in [0.25, 0.3) is 0 Å². The van der Waals surface area contributed by atoms with Crippen LogP contribution in [0.3, 0.4) is 0 Å². The molecule has 3 heterocycles. The van der Waals surface area contributed by atoms with Gasteiger partial charge in [-0.2, -0.15) is 0 Å². The van der Waals surface area contributed by atoms with Crippen molar-refractivity contribution in [1.29, 1.82) is 0 Å². The van der Waals surface area contributed by atoms with Gasteiger partial charge in [0.25, 0.3) is 0 Å². The second-order valence-corrected chi connectivity index (χ2v) is 6.48. The molecule has 0 aromatic heterocycles. The molecule has 1 amide bonds. The van der Waals surface area contributed by atoms with Gasteiger partial charge in [-0.3, -0.25) is 4.79 Å². The number of amides is 1. The van der Waals surface area contributed by atoms with E-state index >= 15 is 0 Å². The second kappa shape index (κ2) is 4.82. The zero-order valence-corrected chi connectivity index (χ0v) is 11.6. The number of hydrogen-bond donors (Lipinski definition) is 1. The van der Waals surface area contributed by atoms with Crippen LogP contribution in [-0.4, -0.2) is 61.0 Å². The Labute approximate surface area is 110 Å². The van der Waals surface area contributed by atoms with Crippen molar-refractivity contribution in [3.8, 4) is 0 Å². The predicted molar refractivity (Wildman–Crippen MR) is 71.3 cm³/mol. The van der Waals surface area contributed by atoms with Crippen LogP contribution in [-0.2, 0) is 4.79 Å². The van der Waals surface area contributed by atoms with Crippen molar-refractivity contribution >= 4 is 5.91 Å². The lowest BCUT2D eigenvalue weighted by atomic mass is 9.88. The summed E-state index contributed by atoms with van der Waals surface area (Å²) in [6.45, 7) is 1.99. The molecule has 4 unspecified atom stereocenters. The van der Waals surface area contributed by atoms with E-state index in [1.54, 1.807) is 0 Å². The molecule has 3 fully saturated rings. The summed E-state index contributed by atoms with van der Waals surface area (Å²) >= 11 is 0. The molecule has 0 aliphatic carbocycles. The Bertz CT molecular complexity index is 331. The number of carbonyl (C=O) groups excluding carboxylic acids is 1. The first-order valence-corrected chi connectivity index (χ1v) is 7.36. The number of rotatable bonds is 3. The van der Waals surface area contributed by atoms with E-state index in [1.165, 1.54) is 25.7 Å². The first-order valence-electron chi connectivity index (χ1n) is 7.36. The third-order valence-electron chi connectivity index (χ3n) is 4.85. The Morgan fingerprint density at radius 3 is 2.78 bits per heavy atom. The van der Waals surface area contributed by atoms with E-state index in [9.17, 15) is 4.79 Å². The van der Waals surface area contributed by atoms with Gasteiger partial charge in [0.1, 0.15) is 0 Å². The summed E-state index contributed by atoms with van der Waals surface area (Å²) in [5.74, 6) is 0.700. The predicted octanol–water partition coefficient (Wildman–Crippen LogP) is 0.680. The van der Waals surface area contributed by atoms with Gasteiger partial charge in [-0.15, -0.1) is 0 Å². The average molecular weight is 251 g/mol. The van der Waals surface area contributed by atoms with Crippen molar-refractivity contribution in [3.63, 3.8) is 0 Å². The first-order chi connectivity index (χ1) is 8.65. The summed E-state index contributed by atoms with van der Waals surface area (Å²) in [6.07, 6.45) is 5.91. The third kappa shape index (κ3) is 2.16. The highest BCUT2D eigenvalue weighted by Gasteiger charge is 2.45. The number of fused-ring (bicyclic) bond motifs is 2. The molecule has 3 saturated heterocycles. The minimum atomic E-state index is 0.270. The highest BCUT2D eigenvalue weighted by molar-refractivity contribution is 5.81. The Hall–Kier alpha value is -0.610. The highest BCUT2D eigenvalue weighted by atomic mass is 16.2. The van der Waals surface area contributed by atoms with Crippen molar-refractivity contribution < 1.29 is 4.79 Å². The summed E-state index contributed by atoms with van der Waals surface area (Å²) < 4.78 is 0. The van der Waals surface area contributed by atoms with Gasteiger partial charge in [-0.05, 0) is 46.2 Å². The Morgan fingerprint density at radius 2 is 2.17 bits per heavy atom. The van der Waals surface area contributed by atoms with Gasteiger partial charge in [0.05, 0.1) is 5.92 Å². The Kier molecular flexibility index (Phi) is 3.32. The van der Waals surface area contributed by atoms with Crippen LogP contribution in [0.4, 0.5) is 0 Å². The third-order valence-corrected chi connectivity index (χ3v) is 4.85. The molecule has 4 nitrogen and oxygen atoms in total. The monoisotopic (exact) mass is 251 g/mol. The quantitative estimate of drug-likeness (QED) is 0.801. The maximum absolute atomic E-state index is 12.7. The molecule has 0 spiro atoms. The van der Waals surface area contributed by atoms with Crippen molar-refractivity contribution in [2.45, 2.75) is 50.2 Å². The number of carbonyl (C=O) groups is 1. The lowest BCUT2D eigenvalue weighted by molar-refractivity contribution is -0.137. The first kappa shape index (κ1) is 12.4. The molecule has 2 bridgehead atoms. The zero-order valence-electron chi connectivity index (χ0n) is 11.6. The van der Waals surface area contributed by atoms with Crippen LogP contribution in [0.1, 0.15) is 32.1 Å². The van der Waals surface area contributed by atoms with E-state index < -0.39 is 0 Å². The molecule has 4 heteroatoms. The largest absolute Gasteiger partial charge is 0.338 e. The molecule has 0 radical (unpaired) electrons. The lowest BCUT2D eigenvalue weighted by Crippen LogP contribution is -2.46. The number of likely N-dealkylation sites (tertiary alicyclic amines) is 1. The normalized spacial score (nSPS) is 38.9. The van der Waals surface area contributed by atoms with Crippen LogP contribution < -0.4 is 5.32 Å². The van der Waals surface area contributed by atoms with Gasteiger partial charge < -0.3 is 15.1 Å². The summed E-state index contributed by atoms with van der Waals surface area (Å²) in [5, 5.41) is 3.58. The summed E-state index contributed by atoms with van der Waals surface area (Å²) in [4.78, 5) is 17.1. The van der Waals surface area contributed by atoms with Gasteiger partial charge in [-0.25, -0.2) is 0 Å². The molecule has 3 aliphatic heterocycles. The van der Waals surface area contributed by atoms with E-state index in [0.717, 1.165) is 19.5 Å². The number of hydrogen-bond acceptors (Lipinski definition) is 3. The topological polar surface area (TPSA) is 35.6 Å². The van der Waals surface area contributed by atoms with Crippen molar-refractivity contribution in [1.82, 2.24) is 15.1 Å². The van der Waals surface area contributed by atoms with Crippen LogP contribution in [0, 0.1) is 5.92 Å². The fourth-order valence-electron chi connectivity index (χ4n) is 4.05. The van der Waals surface area contributed by atoms with Crippen LogP contribution in [0.2, 0.25) is 0 Å². The van der Waals surface area contributed by atoms with Crippen molar-refractivity contribution in [3.05, 3.63) is 0 Å². The maximum atomic E-state index is 12.7. The molecule has 3 aliphatic rings. The molecule has 4 atom stereocenters. The van der Waals surface area contributed by atoms with Crippen molar-refractivity contribution in [2.24, 2.45) is 5.92 Å². The van der Waals surface area contributed by atoms with Gasteiger partial charge in [-0.1, -0.05) is 0 Å². The zero-order chi connectivity index (χ0) is 12.7. The number of likely N-dealkylation sites (N-methyl/N-ethyl adjacent to an activating group) is 1. The van der Waals surface area contributed by atoms with Crippen LogP contribution in [0.15, 0.2) is 0 Å². The summed E-state index contributed by atoms with van der Waals surface area (Å²) in [5.41, 5.74) is 0. The number of nitrogens with zero attached hydrogens (tertiary/aromatic N) is 2. The van der Waals surface area contributed by atoms with E-state index in [2.05, 4.69) is 29.2 Å². The molecule has 0 aromatic carbocycles. The van der Waals surface area contributed by atoms with Gasteiger partial charge >= 0.3 is 0 Å². The minimum Gasteiger partial charge on any atom is -0.338 e. The van der Waals surface area contributed by atoms with Crippen LogP contribution >= 0.6 is 0 Å². The van der Waals surface area contributed by atoms with Crippen molar-refractivity contribution in [2.75, 3.05) is 27.2 Å². The lowest BCUT2D eigenvalue weighted by Gasteiger charge is -2.31. The highest BCUT2D eigenvalue weighted by Crippen LogP contribution is 2.35. The molecular weight excluding hydrogens is 226 g/mol. The van der Waals surface area contributed by atoms with Gasteiger partial charge in [0.2, 0.25) is 5.91 Å². The van der Waals surface area contributed by atoms with E-state index in [0.29, 0.717) is 24.0 Å². The number of nitrogens with one attached hydrogen (secondary N) is 1. The Balaban J connectivity index is 1.64. The smallest absolute Gasteiger partial charge is 0.227 e. The minimum absolute atomic E-state index is 0.270. The molecule has 3 rings (SSSR count). The van der Waals surface area contributed by atoms with E-state index in [4.69, 9.17) is 0 Å². The van der Waals surface area contributed by atoms with Gasteiger partial charge in [0, 0.05) is 31.2 Å². The average Bonchev–Trinajstić information content (AvgIpc) is 3.01. The standard InChI is InChI=1S/C14H25N3O/c1-16(2)9-11-4-3-7-17(11)14(18)12-8-10-5-6-13(12)15-10/h10-13,15H,3-9H2,1-2H3. The van der Waals surface area contributed by atoms with Crippen LogP contribution in [0.5, 0.6) is 0 Å². The molecule has 1 N–H and O–H groups in total. The van der Waals surface area contributed by atoms with E-state index in [-0.39, 0.29) is 5.92 Å². The second-order valence-electron chi connectivity index (χ2n) is 6.48. The molecular formula is C14H25N3O. The molecule has 0 aromatic rings. The fraction of sp³-hybridized carbons (Fsp3) is 0.929. The molecule has 0 saturated carbocycles. The molecule has 102 valence electrons. The summed E-state index contributed by atoms with van der Waals surface area (Å²) in [7, 11) is 4.19.